The SMILES string of the molecule is COc1cccc2oc(-c3nc4ccccc4c(=O)n3N=Cc3ccc(N(C)C)cc3OC(C)C)cc12. The average molecular weight is 497 g/mol. The van der Waals surface area contributed by atoms with E-state index >= 15 is 0 Å². The highest BCUT2D eigenvalue weighted by Gasteiger charge is 2.18. The van der Waals surface area contributed by atoms with Crippen molar-refractivity contribution in [2.75, 3.05) is 26.1 Å². The lowest BCUT2D eigenvalue weighted by Gasteiger charge is -2.17. The smallest absolute Gasteiger partial charge is 0.282 e. The Hall–Kier alpha value is -4.59. The molecule has 0 atom stereocenters. The van der Waals surface area contributed by atoms with Crippen molar-refractivity contribution in [3.05, 3.63) is 82.6 Å². The maximum atomic E-state index is 13.6. The first-order chi connectivity index (χ1) is 17.9. The minimum absolute atomic E-state index is 0.0317. The van der Waals surface area contributed by atoms with Crippen molar-refractivity contribution in [2.24, 2.45) is 5.10 Å². The van der Waals surface area contributed by atoms with Gasteiger partial charge in [0.15, 0.2) is 5.76 Å². The fraction of sp³-hybridized carbons (Fsp3) is 0.207. The molecule has 0 unspecified atom stereocenters. The molecule has 0 saturated carbocycles. The fourth-order valence-corrected chi connectivity index (χ4v) is 4.10. The van der Waals surface area contributed by atoms with Gasteiger partial charge in [-0.2, -0.15) is 9.78 Å². The highest BCUT2D eigenvalue weighted by atomic mass is 16.5. The van der Waals surface area contributed by atoms with Crippen LogP contribution >= 0.6 is 0 Å². The molecule has 0 radical (unpaired) electrons. The highest BCUT2D eigenvalue weighted by Crippen LogP contribution is 2.33. The number of fused-ring (bicyclic) bond motifs is 2. The van der Waals surface area contributed by atoms with Gasteiger partial charge in [-0.15, -0.1) is 0 Å². The molecule has 3 aromatic carbocycles. The summed E-state index contributed by atoms with van der Waals surface area (Å²) < 4.78 is 18.9. The molecule has 2 aromatic heterocycles. The van der Waals surface area contributed by atoms with Crippen molar-refractivity contribution in [1.82, 2.24) is 9.66 Å². The molecule has 0 saturated heterocycles. The zero-order valence-corrected chi connectivity index (χ0v) is 21.4. The number of rotatable bonds is 7. The van der Waals surface area contributed by atoms with Crippen molar-refractivity contribution in [3.8, 4) is 23.1 Å². The molecule has 0 bridgehead atoms. The summed E-state index contributed by atoms with van der Waals surface area (Å²) in [4.78, 5) is 20.3. The number of hydrogen-bond acceptors (Lipinski definition) is 7. The fourth-order valence-electron chi connectivity index (χ4n) is 4.10. The largest absolute Gasteiger partial charge is 0.496 e. The molecule has 8 heteroatoms. The van der Waals surface area contributed by atoms with Crippen LogP contribution in [0.4, 0.5) is 5.69 Å². The second-order valence-corrected chi connectivity index (χ2v) is 9.08. The van der Waals surface area contributed by atoms with Gasteiger partial charge in [0, 0.05) is 31.4 Å². The van der Waals surface area contributed by atoms with Gasteiger partial charge in [0.1, 0.15) is 17.1 Å². The Balaban J connectivity index is 1.70. The van der Waals surface area contributed by atoms with Gasteiger partial charge in [-0.05, 0) is 56.3 Å². The number of methoxy groups -OCH3 is 1. The minimum Gasteiger partial charge on any atom is -0.496 e. The van der Waals surface area contributed by atoms with Crippen LogP contribution in [-0.4, -0.2) is 43.2 Å². The van der Waals surface area contributed by atoms with Gasteiger partial charge in [-0.1, -0.05) is 18.2 Å². The van der Waals surface area contributed by atoms with Gasteiger partial charge in [0.25, 0.3) is 5.56 Å². The molecule has 37 heavy (non-hydrogen) atoms. The highest BCUT2D eigenvalue weighted by molar-refractivity contribution is 5.89. The number of anilines is 1. The molecular formula is C29H28N4O4. The average Bonchev–Trinajstić information content (AvgIpc) is 3.32. The number of benzene rings is 3. The molecule has 0 aliphatic rings. The van der Waals surface area contributed by atoms with Crippen molar-refractivity contribution in [2.45, 2.75) is 20.0 Å². The second-order valence-electron chi connectivity index (χ2n) is 9.08. The lowest BCUT2D eigenvalue weighted by atomic mass is 10.2. The Bertz CT molecular complexity index is 1680. The summed E-state index contributed by atoms with van der Waals surface area (Å²) in [6.45, 7) is 3.93. The van der Waals surface area contributed by atoms with Gasteiger partial charge < -0.3 is 18.8 Å². The summed E-state index contributed by atoms with van der Waals surface area (Å²) in [5.41, 5.74) is 2.60. The van der Waals surface area contributed by atoms with E-state index in [0.29, 0.717) is 33.7 Å². The number of furan rings is 1. The van der Waals surface area contributed by atoms with Gasteiger partial charge in [-0.3, -0.25) is 4.79 Å². The first kappa shape index (κ1) is 24.1. The Labute approximate surface area is 214 Å². The third kappa shape index (κ3) is 4.65. The monoisotopic (exact) mass is 496 g/mol. The van der Waals surface area contributed by atoms with Crippen LogP contribution in [0.1, 0.15) is 19.4 Å². The number of para-hydroxylation sites is 1. The van der Waals surface area contributed by atoms with Crippen LogP contribution in [-0.2, 0) is 0 Å². The summed E-state index contributed by atoms with van der Waals surface area (Å²) in [6, 6.07) is 20.4. The summed E-state index contributed by atoms with van der Waals surface area (Å²) in [6.07, 6.45) is 1.58. The predicted octanol–water partition coefficient (Wildman–Crippen LogP) is 5.55. The van der Waals surface area contributed by atoms with Crippen molar-refractivity contribution in [1.29, 1.82) is 0 Å². The zero-order valence-electron chi connectivity index (χ0n) is 21.4. The molecular weight excluding hydrogens is 468 g/mol. The third-order valence-electron chi connectivity index (χ3n) is 5.90. The van der Waals surface area contributed by atoms with Crippen molar-refractivity contribution < 1.29 is 13.9 Å². The molecule has 0 aliphatic carbocycles. The molecule has 5 rings (SSSR count). The van der Waals surface area contributed by atoms with Crippen LogP contribution < -0.4 is 19.9 Å². The Morgan fingerprint density at radius 1 is 1.00 bits per heavy atom. The molecule has 0 spiro atoms. The van der Waals surface area contributed by atoms with Crippen LogP contribution in [0.15, 0.2) is 81.0 Å². The number of aromatic nitrogens is 2. The Morgan fingerprint density at radius 2 is 1.81 bits per heavy atom. The van der Waals surface area contributed by atoms with Gasteiger partial charge >= 0.3 is 0 Å². The van der Waals surface area contributed by atoms with Crippen LogP contribution in [0.5, 0.6) is 11.5 Å². The first-order valence-corrected chi connectivity index (χ1v) is 12.0. The van der Waals surface area contributed by atoms with Gasteiger partial charge in [-0.25, -0.2) is 4.98 Å². The quantitative estimate of drug-likeness (QED) is 0.275. The van der Waals surface area contributed by atoms with Crippen molar-refractivity contribution in [3.63, 3.8) is 0 Å². The second kappa shape index (κ2) is 9.81. The number of ether oxygens (including phenoxy) is 2. The van der Waals surface area contributed by atoms with Crippen LogP contribution in [0.2, 0.25) is 0 Å². The van der Waals surface area contributed by atoms with Gasteiger partial charge in [0.2, 0.25) is 5.82 Å². The molecule has 2 heterocycles. The first-order valence-electron chi connectivity index (χ1n) is 12.0. The van der Waals surface area contributed by atoms with E-state index in [9.17, 15) is 4.79 Å². The molecule has 0 amide bonds. The summed E-state index contributed by atoms with van der Waals surface area (Å²) >= 11 is 0. The normalized spacial score (nSPS) is 11.6. The topological polar surface area (TPSA) is 82.1 Å². The molecule has 0 aliphatic heterocycles. The predicted molar refractivity (Wildman–Crippen MR) is 147 cm³/mol. The van der Waals surface area contributed by atoms with E-state index < -0.39 is 0 Å². The van der Waals surface area contributed by atoms with E-state index in [1.807, 2.05) is 81.4 Å². The Kier molecular flexibility index (Phi) is 6.40. The lowest BCUT2D eigenvalue weighted by Crippen LogP contribution is -2.20. The summed E-state index contributed by atoms with van der Waals surface area (Å²) in [5.74, 6) is 2.03. The molecule has 5 aromatic rings. The molecule has 8 nitrogen and oxygen atoms in total. The van der Waals surface area contributed by atoms with E-state index in [1.54, 1.807) is 31.5 Å². The maximum absolute atomic E-state index is 13.6. The third-order valence-corrected chi connectivity index (χ3v) is 5.90. The van der Waals surface area contributed by atoms with Crippen LogP contribution in [0.25, 0.3) is 33.5 Å². The van der Waals surface area contributed by atoms with E-state index in [-0.39, 0.29) is 17.5 Å². The number of nitrogens with zero attached hydrogens (tertiary/aromatic N) is 4. The van der Waals surface area contributed by atoms with E-state index in [1.165, 1.54) is 4.68 Å². The summed E-state index contributed by atoms with van der Waals surface area (Å²) in [7, 11) is 5.54. The summed E-state index contributed by atoms with van der Waals surface area (Å²) in [5, 5.41) is 5.83. The van der Waals surface area contributed by atoms with Crippen LogP contribution in [0.3, 0.4) is 0 Å². The lowest BCUT2D eigenvalue weighted by molar-refractivity contribution is 0.242. The van der Waals surface area contributed by atoms with E-state index in [0.717, 1.165) is 16.6 Å². The number of hydrogen-bond donors (Lipinski definition) is 0. The minimum atomic E-state index is -0.305. The zero-order chi connectivity index (χ0) is 26.1. The van der Waals surface area contributed by atoms with Gasteiger partial charge in [0.05, 0.1) is 35.7 Å². The van der Waals surface area contributed by atoms with E-state index in [4.69, 9.17) is 18.9 Å². The maximum Gasteiger partial charge on any atom is 0.282 e. The molecule has 0 N–H and O–H groups in total. The van der Waals surface area contributed by atoms with E-state index in [2.05, 4.69) is 5.10 Å². The standard InChI is InChI=1S/C29H28N4O4/c1-18(2)36-26-15-20(32(3)4)14-13-19(26)17-30-33-28(31-23-10-7-6-9-21(23)29(33)34)27-16-22-24(35-5)11-8-12-25(22)37-27/h6-18H,1-5H3. The molecule has 188 valence electrons. The molecule has 0 fully saturated rings. The van der Waals surface area contributed by atoms with Crippen LogP contribution in [0, 0.1) is 0 Å². The van der Waals surface area contributed by atoms with Crippen molar-refractivity contribution >= 4 is 33.8 Å². The Morgan fingerprint density at radius 3 is 2.57 bits per heavy atom.